The van der Waals surface area contributed by atoms with Gasteiger partial charge >= 0.3 is 5.97 Å². The smallest absolute Gasteiger partial charge is 0.327 e. The minimum atomic E-state index is -0.960. The summed E-state index contributed by atoms with van der Waals surface area (Å²) in [6, 6.07) is 4.38. The number of carbonyl (C=O) groups excluding carboxylic acids is 1. The number of thioether (sulfide) groups is 1. The van der Waals surface area contributed by atoms with Crippen molar-refractivity contribution in [3.05, 3.63) is 30.1 Å². The van der Waals surface area contributed by atoms with Gasteiger partial charge in [0.1, 0.15) is 6.04 Å². The summed E-state index contributed by atoms with van der Waals surface area (Å²) in [5, 5.41) is 9.07. The Labute approximate surface area is 119 Å². The number of amides is 1. The highest BCUT2D eigenvalue weighted by molar-refractivity contribution is 8.00. The lowest BCUT2D eigenvalue weighted by atomic mass is 10.1. The summed E-state index contributed by atoms with van der Waals surface area (Å²) < 4.78 is 0. The highest BCUT2D eigenvalue weighted by Gasteiger charge is 2.39. The quantitative estimate of drug-likeness (QED) is 0.876. The molecule has 2 unspecified atom stereocenters. The third-order valence-electron chi connectivity index (χ3n) is 3.41. The molecular formula is C13H13N3O3S. The molecule has 1 fully saturated rings. The third-order valence-corrected chi connectivity index (χ3v) is 4.63. The second-order valence-corrected chi connectivity index (χ2v) is 5.98. The molecule has 1 aromatic carbocycles. The number of rotatable bonds is 2. The Morgan fingerprint density at radius 3 is 3.05 bits per heavy atom. The average Bonchev–Trinajstić information content (AvgIpc) is 3.03. The maximum absolute atomic E-state index is 12.6. The maximum Gasteiger partial charge on any atom is 0.327 e. The van der Waals surface area contributed by atoms with Gasteiger partial charge in [0.25, 0.3) is 5.91 Å². The van der Waals surface area contributed by atoms with Gasteiger partial charge in [-0.2, -0.15) is 0 Å². The van der Waals surface area contributed by atoms with Gasteiger partial charge in [-0.15, -0.1) is 11.8 Å². The van der Waals surface area contributed by atoms with Crippen molar-refractivity contribution in [2.75, 3.05) is 5.75 Å². The number of hydrogen-bond acceptors (Lipinski definition) is 4. The number of imidazole rings is 1. The van der Waals surface area contributed by atoms with Crippen LogP contribution in [0.25, 0.3) is 11.0 Å². The van der Waals surface area contributed by atoms with Crippen molar-refractivity contribution in [3.63, 3.8) is 0 Å². The second-order valence-electron chi connectivity index (χ2n) is 4.63. The lowest BCUT2D eigenvalue weighted by Crippen LogP contribution is -2.44. The van der Waals surface area contributed by atoms with Crippen molar-refractivity contribution in [1.82, 2.24) is 14.9 Å². The summed E-state index contributed by atoms with van der Waals surface area (Å²) in [6.07, 6.45) is 1.56. The summed E-state index contributed by atoms with van der Waals surface area (Å²) >= 11 is 1.47. The Kier molecular flexibility index (Phi) is 3.13. The molecule has 104 valence electrons. The van der Waals surface area contributed by atoms with Crippen LogP contribution < -0.4 is 0 Å². The van der Waals surface area contributed by atoms with Crippen molar-refractivity contribution >= 4 is 34.7 Å². The van der Waals surface area contributed by atoms with Gasteiger partial charge in [0.15, 0.2) is 0 Å². The molecule has 0 bridgehead atoms. The van der Waals surface area contributed by atoms with Crippen LogP contribution in [0.2, 0.25) is 0 Å². The number of carboxylic acid groups (broad SMARTS) is 1. The molecule has 1 aliphatic heterocycles. The maximum atomic E-state index is 12.6. The Hall–Kier alpha value is -2.02. The van der Waals surface area contributed by atoms with E-state index in [1.54, 1.807) is 24.5 Å². The highest BCUT2D eigenvalue weighted by Crippen LogP contribution is 2.30. The Morgan fingerprint density at radius 1 is 1.50 bits per heavy atom. The molecular weight excluding hydrogens is 278 g/mol. The SMILES string of the molecule is CC1SCC(C(=O)O)N1C(=O)c1ccc2nc[nH]c2c1. The molecule has 1 amide bonds. The molecule has 1 aromatic heterocycles. The lowest BCUT2D eigenvalue weighted by molar-refractivity contribution is -0.141. The van der Waals surface area contributed by atoms with Crippen molar-refractivity contribution in [3.8, 4) is 0 Å². The number of aromatic amines is 1. The number of fused-ring (bicyclic) bond motifs is 1. The number of aliphatic carboxylic acids is 1. The van der Waals surface area contributed by atoms with E-state index in [9.17, 15) is 14.7 Å². The molecule has 1 aliphatic rings. The zero-order valence-electron chi connectivity index (χ0n) is 10.7. The standard InChI is InChI=1S/C13H13N3O3S/c1-7-16(11(5-20-7)13(18)19)12(17)8-2-3-9-10(4-8)15-6-14-9/h2-4,6-7,11H,5H2,1H3,(H,14,15)(H,18,19). The highest BCUT2D eigenvalue weighted by atomic mass is 32.2. The fourth-order valence-electron chi connectivity index (χ4n) is 2.36. The summed E-state index contributed by atoms with van der Waals surface area (Å²) in [5.41, 5.74) is 2.02. The van der Waals surface area contributed by atoms with Gasteiger partial charge in [-0.25, -0.2) is 9.78 Å². The van der Waals surface area contributed by atoms with Crippen molar-refractivity contribution < 1.29 is 14.7 Å². The number of aromatic nitrogens is 2. The number of nitrogens with zero attached hydrogens (tertiary/aromatic N) is 2. The molecule has 2 aromatic rings. The van der Waals surface area contributed by atoms with Gasteiger partial charge in [0, 0.05) is 11.3 Å². The number of nitrogens with one attached hydrogen (secondary N) is 1. The van der Waals surface area contributed by atoms with Crippen LogP contribution in [0.1, 0.15) is 17.3 Å². The van der Waals surface area contributed by atoms with Crippen LogP contribution in [-0.4, -0.2) is 49.0 Å². The van der Waals surface area contributed by atoms with E-state index in [1.807, 2.05) is 6.92 Å². The number of carboxylic acids is 1. The summed E-state index contributed by atoms with van der Waals surface area (Å²) in [4.78, 5) is 32.3. The van der Waals surface area contributed by atoms with Crippen LogP contribution >= 0.6 is 11.8 Å². The van der Waals surface area contributed by atoms with Gasteiger partial charge in [-0.3, -0.25) is 4.79 Å². The van der Waals surface area contributed by atoms with Gasteiger partial charge in [-0.1, -0.05) is 0 Å². The van der Waals surface area contributed by atoms with Gasteiger partial charge in [0.2, 0.25) is 0 Å². The fraction of sp³-hybridized carbons (Fsp3) is 0.308. The van der Waals surface area contributed by atoms with E-state index in [0.717, 1.165) is 11.0 Å². The average molecular weight is 291 g/mol. The predicted molar refractivity (Wildman–Crippen MR) is 75.6 cm³/mol. The van der Waals surface area contributed by atoms with E-state index in [4.69, 9.17) is 0 Å². The number of carbonyl (C=O) groups is 2. The normalized spacial score (nSPS) is 22.4. The predicted octanol–water partition coefficient (Wildman–Crippen LogP) is 1.55. The monoisotopic (exact) mass is 291 g/mol. The first-order valence-corrected chi connectivity index (χ1v) is 7.23. The molecule has 0 saturated carbocycles. The lowest BCUT2D eigenvalue weighted by Gasteiger charge is -2.25. The first-order valence-electron chi connectivity index (χ1n) is 6.18. The van der Waals surface area contributed by atoms with E-state index in [1.165, 1.54) is 16.7 Å². The number of benzene rings is 1. The van der Waals surface area contributed by atoms with E-state index in [0.29, 0.717) is 11.3 Å². The van der Waals surface area contributed by atoms with Crippen LogP contribution in [0.15, 0.2) is 24.5 Å². The summed E-state index contributed by atoms with van der Waals surface area (Å²) in [6.45, 7) is 1.85. The largest absolute Gasteiger partial charge is 0.480 e. The molecule has 0 spiro atoms. The number of hydrogen-bond donors (Lipinski definition) is 2. The van der Waals surface area contributed by atoms with Gasteiger partial charge < -0.3 is 15.0 Å². The fourth-order valence-corrected chi connectivity index (χ4v) is 3.53. The van der Waals surface area contributed by atoms with E-state index < -0.39 is 12.0 Å². The zero-order chi connectivity index (χ0) is 14.3. The molecule has 2 heterocycles. The van der Waals surface area contributed by atoms with E-state index in [2.05, 4.69) is 9.97 Å². The van der Waals surface area contributed by atoms with Crippen molar-refractivity contribution in [2.45, 2.75) is 18.3 Å². The second kappa shape index (κ2) is 4.82. The molecule has 6 nitrogen and oxygen atoms in total. The topological polar surface area (TPSA) is 86.3 Å². The minimum Gasteiger partial charge on any atom is -0.480 e. The summed E-state index contributed by atoms with van der Waals surface area (Å²) in [7, 11) is 0. The number of H-pyrrole nitrogens is 1. The molecule has 2 N–H and O–H groups in total. The van der Waals surface area contributed by atoms with Crippen LogP contribution in [-0.2, 0) is 4.79 Å². The Bertz CT molecular complexity index is 684. The van der Waals surface area contributed by atoms with Crippen LogP contribution in [0, 0.1) is 0 Å². The molecule has 0 aliphatic carbocycles. The summed E-state index contributed by atoms with van der Waals surface area (Å²) in [5.74, 6) is -0.793. The third kappa shape index (κ3) is 2.03. The molecule has 2 atom stereocenters. The van der Waals surface area contributed by atoms with Crippen LogP contribution in [0.5, 0.6) is 0 Å². The molecule has 0 radical (unpaired) electrons. The van der Waals surface area contributed by atoms with E-state index in [-0.39, 0.29) is 11.3 Å². The van der Waals surface area contributed by atoms with E-state index >= 15 is 0 Å². The Balaban J connectivity index is 1.95. The van der Waals surface area contributed by atoms with Gasteiger partial charge in [0.05, 0.1) is 22.7 Å². The zero-order valence-corrected chi connectivity index (χ0v) is 11.6. The Morgan fingerprint density at radius 2 is 2.30 bits per heavy atom. The van der Waals surface area contributed by atoms with Crippen molar-refractivity contribution in [2.24, 2.45) is 0 Å². The van der Waals surface area contributed by atoms with Crippen LogP contribution in [0.4, 0.5) is 0 Å². The van der Waals surface area contributed by atoms with Crippen molar-refractivity contribution in [1.29, 1.82) is 0 Å². The van der Waals surface area contributed by atoms with Crippen LogP contribution in [0.3, 0.4) is 0 Å². The van der Waals surface area contributed by atoms with Gasteiger partial charge in [-0.05, 0) is 25.1 Å². The minimum absolute atomic E-state index is 0.138. The first-order chi connectivity index (χ1) is 9.58. The first kappa shape index (κ1) is 13.0. The molecule has 20 heavy (non-hydrogen) atoms. The molecule has 1 saturated heterocycles. The molecule has 3 rings (SSSR count). The molecule has 7 heteroatoms.